The number of nitrogens with zero attached hydrogens (tertiary/aromatic N) is 2. The molecule has 3 N–H and O–H groups in total. The maximum atomic E-state index is 11.9. The van der Waals surface area contributed by atoms with Gasteiger partial charge in [0, 0.05) is 37.4 Å². The van der Waals surface area contributed by atoms with Crippen molar-refractivity contribution in [2.75, 3.05) is 6.54 Å². The van der Waals surface area contributed by atoms with Crippen molar-refractivity contribution in [1.29, 1.82) is 0 Å². The van der Waals surface area contributed by atoms with E-state index in [-0.39, 0.29) is 5.56 Å². The molecule has 0 spiro atoms. The highest BCUT2D eigenvalue weighted by atomic mass is 32.1. The number of aryl methyl sites for hydroxylation is 1. The van der Waals surface area contributed by atoms with E-state index in [1.165, 1.54) is 0 Å². The van der Waals surface area contributed by atoms with E-state index in [1.807, 2.05) is 13.0 Å². The lowest BCUT2D eigenvalue weighted by Gasteiger charge is -2.26. The minimum Gasteiger partial charge on any atom is -0.335 e. The van der Waals surface area contributed by atoms with Crippen LogP contribution in [-0.4, -0.2) is 31.6 Å². The zero-order chi connectivity index (χ0) is 13.4. The van der Waals surface area contributed by atoms with Crippen LogP contribution in [0.1, 0.15) is 22.6 Å². The Balaban J connectivity index is 1.82. The average Bonchev–Trinajstić information content (AvgIpc) is 2.75. The maximum absolute atomic E-state index is 11.9. The summed E-state index contributed by atoms with van der Waals surface area (Å²) in [6, 6.07) is 2.03. The highest BCUT2D eigenvalue weighted by Gasteiger charge is 2.20. The van der Waals surface area contributed by atoms with Crippen molar-refractivity contribution in [2.45, 2.75) is 26.4 Å². The molecule has 0 saturated carbocycles. The van der Waals surface area contributed by atoms with Crippen molar-refractivity contribution in [3.8, 4) is 0 Å². The van der Waals surface area contributed by atoms with Crippen molar-refractivity contribution in [3.05, 3.63) is 43.8 Å². The minimum atomic E-state index is -0.0818. The number of H-pyrrole nitrogens is 3. The van der Waals surface area contributed by atoms with Gasteiger partial charge in [0.05, 0.1) is 11.3 Å². The molecule has 0 fully saturated rings. The van der Waals surface area contributed by atoms with Gasteiger partial charge >= 0.3 is 0 Å². The third-order valence-corrected chi connectivity index (χ3v) is 3.54. The number of rotatable bonds is 2. The van der Waals surface area contributed by atoms with E-state index in [9.17, 15) is 4.79 Å². The molecule has 0 amide bonds. The van der Waals surface area contributed by atoms with Gasteiger partial charge in [0.15, 0.2) is 4.77 Å². The summed E-state index contributed by atoms with van der Waals surface area (Å²) in [5.41, 5.74) is 3.72. The first kappa shape index (κ1) is 12.3. The fourth-order valence-electron chi connectivity index (χ4n) is 2.43. The molecule has 3 heterocycles. The second-order valence-corrected chi connectivity index (χ2v) is 5.28. The third kappa shape index (κ3) is 2.52. The number of fused-ring (bicyclic) bond motifs is 1. The fourth-order valence-corrected chi connectivity index (χ4v) is 2.65. The molecule has 19 heavy (non-hydrogen) atoms. The van der Waals surface area contributed by atoms with Crippen LogP contribution in [0.5, 0.6) is 0 Å². The predicted octanol–water partition coefficient (Wildman–Crippen LogP) is 1.02. The Morgan fingerprint density at radius 1 is 1.47 bits per heavy atom. The van der Waals surface area contributed by atoms with E-state index in [4.69, 9.17) is 12.2 Å². The van der Waals surface area contributed by atoms with E-state index in [2.05, 4.69) is 25.1 Å². The Morgan fingerprint density at radius 2 is 2.32 bits per heavy atom. The van der Waals surface area contributed by atoms with Gasteiger partial charge in [-0.2, -0.15) is 5.10 Å². The van der Waals surface area contributed by atoms with Crippen LogP contribution in [0.15, 0.2) is 10.9 Å². The first-order valence-electron chi connectivity index (χ1n) is 6.19. The van der Waals surface area contributed by atoms with Gasteiger partial charge in [-0.25, -0.2) is 0 Å². The second-order valence-electron chi connectivity index (χ2n) is 4.87. The van der Waals surface area contributed by atoms with Crippen LogP contribution in [0, 0.1) is 11.7 Å². The molecule has 1 aliphatic rings. The van der Waals surface area contributed by atoms with Crippen LogP contribution in [0.2, 0.25) is 0 Å². The first-order chi connectivity index (χ1) is 9.11. The lowest BCUT2D eigenvalue weighted by atomic mass is 10.1. The Kier molecular flexibility index (Phi) is 3.08. The van der Waals surface area contributed by atoms with Gasteiger partial charge < -0.3 is 4.98 Å². The molecule has 7 heteroatoms. The molecule has 2 aromatic heterocycles. The summed E-state index contributed by atoms with van der Waals surface area (Å²) < 4.78 is 0.403. The SMILES string of the molecule is Cc1cc(CN2CCc3[nH]c(=S)[nH]c(=O)c3C2)n[nH]1. The zero-order valence-electron chi connectivity index (χ0n) is 10.6. The average molecular weight is 277 g/mol. The minimum absolute atomic E-state index is 0.0818. The van der Waals surface area contributed by atoms with Crippen LogP contribution in [0.25, 0.3) is 0 Å². The molecule has 6 nitrogen and oxygen atoms in total. The molecule has 2 aromatic rings. The molecule has 0 unspecified atom stereocenters. The molecule has 0 saturated heterocycles. The summed E-state index contributed by atoms with van der Waals surface area (Å²) in [4.78, 5) is 19.8. The van der Waals surface area contributed by atoms with Crippen LogP contribution in [0.3, 0.4) is 0 Å². The molecule has 0 atom stereocenters. The quantitative estimate of drug-likeness (QED) is 0.716. The van der Waals surface area contributed by atoms with Gasteiger partial charge in [-0.3, -0.25) is 19.8 Å². The summed E-state index contributed by atoms with van der Waals surface area (Å²) in [6.07, 6.45) is 0.812. The van der Waals surface area contributed by atoms with Crippen molar-refractivity contribution in [1.82, 2.24) is 25.1 Å². The van der Waals surface area contributed by atoms with Crippen molar-refractivity contribution in [2.24, 2.45) is 0 Å². The number of hydrogen-bond donors (Lipinski definition) is 3. The molecule has 0 radical (unpaired) electrons. The van der Waals surface area contributed by atoms with Gasteiger partial charge in [0.2, 0.25) is 0 Å². The van der Waals surface area contributed by atoms with Gasteiger partial charge in [0.1, 0.15) is 0 Å². The summed E-state index contributed by atoms with van der Waals surface area (Å²) in [7, 11) is 0. The summed E-state index contributed by atoms with van der Waals surface area (Å²) >= 11 is 4.98. The number of aromatic amines is 3. The summed E-state index contributed by atoms with van der Waals surface area (Å²) in [6.45, 7) is 4.25. The van der Waals surface area contributed by atoms with Crippen LogP contribution in [-0.2, 0) is 19.5 Å². The molecule has 0 aliphatic carbocycles. The van der Waals surface area contributed by atoms with Crippen molar-refractivity contribution < 1.29 is 0 Å². The first-order valence-corrected chi connectivity index (χ1v) is 6.60. The van der Waals surface area contributed by atoms with Gasteiger partial charge in [-0.15, -0.1) is 0 Å². The van der Waals surface area contributed by atoms with Crippen molar-refractivity contribution in [3.63, 3.8) is 0 Å². The van der Waals surface area contributed by atoms with E-state index in [1.54, 1.807) is 0 Å². The predicted molar refractivity (Wildman–Crippen MR) is 73.4 cm³/mol. The topological polar surface area (TPSA) is 80.6 Å². The monoisotopic (exact) mass is 277 g/mol. The van der Waals surface area contributed by atoms with E-state index < -0.39 is 0 Å². The Bertz CT molecular complexity index is 713. The number of aromatic nitrogens is 4. The normalized spacial score (nSPS) is 15.4. The Morgan fingerprint density at radius 3 is 3.05 bits per heavy atom. The summed E-state index contributed by atoms with van der Waals surface area (Å²) in [5, 5.41) is 7.16. The number of nitrogens with one attached hydrogen (secondary N) is 3. The van der Waals surface area contributed by atoms with Gasteiger partial charge in [-0.05, 0) is 25.2 Å². The van der Waals surface area contributed by atoms with Gasteiger partial charge in [-0.1, -0.05) is 0 Å². The molecular formula is C12H15N5OS. The van der Waals surface area contributed by atoms with Crippen LogP contribution in [0.4, 0.5) is 0 Å². The smallest absolute Gasteiger partial charge is 0.256 e. The Labute approximate surface area is 114 Å². The highest BCUT2D eigenvalue weighted by Crippen LogP contribution is 2.15. The van der Waals surface area contributed by atoms with Gasteiger partial charge in [0.25, 0.3) is 5.56 Å². The highest BCUT2D eigenvalue weighted by molar-refractivity contribution is 7.71. The maximum Gasteiger partial charge on any atom is 0.256 e. The molecule has 0 aromatic carbocycles. The lowest BCUT2D eigenvalue weighted by molar-refractivity contribution is 0.238. The lowest BCUT2D eigenvalue weighted by Crippen LogP contribution is -2.35. The molecular weight excluding hydrogens is 262 g/mol. The van der Waals surface area contributed by atoms with E-state index in [0.717, 1.165) is 42.2 Å². The molecule has 100 valence electrons. The van der Waals surface area contributed by atoms with E-state index >= 15 is 0 Å². The second kappa shape index (κ2) is 4.75. The van der Waals surface area contributed by atoms with Crippen LogP contribution >= 0.6 is 12.2 Å². The zero-order valence-corrected chi connectivity index (χ0v) is 11.4. The Hall–Kier alpha value is -1.73. The molecule has 1 aliphatic heterocycles. The summed E-state index contributed by atoms with van der Waals surface area (Å²) in [5.74, 6) is 0. The largest absolute Gasteiger partial charge is 0.335 e. The fraction of sp³-hybridized carbons (Fsp3) is 0.417. The molecule has 0 bridgehead atoms. The van der Waals surface area contributed by atoms with Crippen molar-refractivity contribution >= 4 is 12.2 Å². The third-order valence-electron chi connectivity index (χ3n) is 3.33. The molecule has 3 rings (SSSR count). The van der Waals surface area contributed by atoms with E-state index in [0.29, 0.717) is 11.3 Å². The number of hydrogen-bond acceptors (Lipinski definition) is 4. The van der Waals surface area contributed by atoms with Crippen LogP contribution < -0.4 is 5.56 Å². The standard InChI is InChI=1S/C12H15N5OS/c1-7-4-8(16-15-7)5-17-3-2-10-9(6-17)11(18)14-12(19)13-10/h4H,2-3,5-6H2,1H3,(H,15,16)(H2,13,14,18,19).